The number of ether oxygens (including phenoxy) is 1. The first-order valence-electron chi connectivity index (χ1n) is 10.4. The van der Waals surface area contributed by atoms with E-state index in [-0.39, 0.29) is 24.0 Å². The smallest absolute Gasteiger partial charge is 0.194 e. The largest absolute Gasteiger partial charge is 0.497 e. The molecule has 2 aromatic heterocycles. The summed E-state index contributed by atoms with van der Waals surface area (Å²) in [6, 6.07) is 12.4. The molecule has 1 aliphatic rings. The maximum atomic E-state index is 5.26. The molecule has 0 aliphatic carbocycles. The van der Waals surface area contributed by atoms with Gasteiger partial charge in [-0.25, -0.2) is 4.99 Å². The second kappa shape index (κ2) is 11.5. The fourth-order valence-electron chi connectivity index (χ4n) is 3.52. The highest BCUT2D eigenvalue weighted by Gasteiger charge is 2.21. The number of anilines is 1. The Morgan fingerprint density at radius 1 is 1.12 bits per heavy atom. The highest BCUT2D eigenvalue weighted by molar-refractivity contribution is 14.0. The quantitative estimate of drug-likeness (QED) is 0.280. The molecule has 172 valence electrons. The second-order valence-corrected chi connectivity index (χ2v) is 8.42. The van der Waals surface area contributed by atoms with Crippen molar-refractivity contribution in [3.05, 3.63) is 59.0 Å². The minimum Gasteiger partial charge on any atom is -0.497 e. The van der Waals surface area contributed by atoms with Gasteiger partial charge in [-0.2, -0.15) is 0 Å². The summed E-state index contributed by atoms with van der Waals surface area (Å²) < 4.78 is 7.26. The van der Waals surface area contributed by atoms with Crippen molar-refractivity contribution in [1.29, 1.82) is 0 Å². The van der Waals surface area contributed by atoms with Gasteiger partial charge in [0.15, 0.2) is 11.8 Å². The molecular weight excluding hydrogens is 537 g/mol. The first kappa shape index (κ1) is 24.3. The summed E-state index contributed by atoms with van der Waals surface area (Å²) in [6.07, 6.45) is 0. The average molecular weight is 568 g/mol. The van der Waals surface area contributed by atoms with Crippen molar-refractivity contribution >= 4 is 46.3 Å². The number of aryl methyl sites for hydroxylation is 1. The molecule has 8 nitrogen and oxygen atoms in total. The summed E-state index contributed by atoms with van der Waals surface area (Å²) >= 11 is 1.79. The number of hydrogen-bond donors (Lipinski definition) is 1. The van der Waals surface area contributed by atoms with E-state index in [2.05, 4.69) is 55.0 Å². The molecule has 10 heteroatoms. The predicted octanol–water partition coefficient (Wildman–Crippen LogP) is 3.28. The molecule has 3 aromatic rings. The van der Waals surface area contributed by atoms with E-state index in [1.165, 1.54) is 5.00 Å². The number of nitrogens with one attached hydrogen (secondary N) is 1. The maximum absolute atomic E-state index is 5.26. The van der Waals surface area contributed by atoms with Gasteiger partial charge >= 0.3 is 0 Å². The molecular formula is C22H30IN7OS. The van der Waals surface area contributed by atoms with Crippen LogP contribution in [0.25, 0.3) is 0 Å². The SMILES string of the molecule is COc1ccc(CN=C(NCc2nnc(C)n2C)N2CCN(c3cccs3)CC2)cc1.I. The molecule has 0 spiro atoms. The van der Waals surface area contributed by atoms with Crippen LogP contribution < -0.4 is 15.0 Å². The topological polar surface area (TPSA) is 70.8 Å². The van der Waals surface area contributed by atoms with E-state index in [4.69, 9.17) is 9.73 Å². The van der Waals surface area contributed by atoms with E-state index in [9.17, 15) is 0 Å². The standard InChI is InChI=1S/C22H29N7OS.HI/c1-17-25-26-20(27(17)2)16-24-22(23-15-18-6-8-19(30-3)9-7-18)29-12-10-28(11-13-29)21-5-4-14-31-21;/h4-9,14H,10-13,15-16H2,1-3H3,(H,23,24);1H. The van der Waals surface area contributed by atoms with Gasteiger partial charge in [0.25, 0.3) is 0 Å². The van der Waals surface area contributed by atoms with Crippen LogP contribution in [0.1, 0.15) is 17.2 Å². The third-order valence-electron chi connectivity index (χ3n) is 5.55. The Hall–Kier alpha value is -2.34. The minimum absolute atomic E-state index is 0. The monoisotopic (exact) mass is 567 g/mol. The Kier molecular flexibility index (Phi) is 8.74. The molecule has 1 N–H and O–H groups in total. The maximum Gasteiger partial charge on any atom is 0.194 e. The van der Waals surface area contributed by atoms with Crippen molar-refractivity contribution in [3.8, 4) is 5.75 Å². The molecule has 1 aromatic carbocycles. The van der Waals surface area contributed by atoms with Crippen molar-refractivity contribution in [2.24, 2.45) is 12.0 Å². The molecule has 1 fully saturated rings. The zero-order valence-corrected chi connectivity index (χ0v) is 21.8. The van der Waals surface area contributed by atoms with Crippen LogP contribution in [0.3, 0.4) is 0 Å². The number of aromatic nitrogens is 3. The fourth-order valence-corrected chi connectivity index (χ4v) is 4.30. The number of thiophene rings is 1. The van der Waals surface area contributed by atoms with Crippen LogP contribution >= 0.6 is 35.3 Å². The number of piperazine rings is 1. The van der Waals surface area contributed by atoms with Crippen LogP contribution in [0, 0.1) is 6.92 Å². The van der Waals surface area contributed by atoms with Gasteiger partial charge < -0.3 is 24.4 Å². The number of rotatable bonds is 6. The summed E-state index contributed by atoms with van der Waals surface area (Å²) in [5.41, 5.74) is 1.15. The summed E-state index contributed by atoms with van der Waals surface area (Å²) in [4.78, 5) is 9.70. The van der Waals surface area contributed by atoms with Crippen molar-refractivity contribution in [1.82, 2.24) is 25.0 Å². The van der Waals surface area contributed by atoms with Gasteiger partial charge in [0.1, 0.15) is 11.6 Å². The highest BCUT2D eigenvalue weighted by atomic mass is 127. The number of benzene rings is 1. The zero-order valence-electron chi connectivity index (χ0n) is 18.7. The van der Waals surface area contributed by atoms with Crippen molar-refractivity contribution in [2.45, 2.75) is 20.0 Å². The molecule has 1 aliphatic heterocycles. The van der Waals surface area contributed by atoms with Gasteiger partial charge in [-0.15, -0.1) is 45.5 Å². The van der Waals surface area contributed by atoms with Crippen LogP contribution in [0.15, 0.2) is 46.8 Å². The number of aliphatic imine (C=N–C) groups is 1. The van der Waals surface area contributed by atoms with Gasteiger partial charge in [-0.05, 0) is 42.1 Å². The number of hydrogen-bond acceptors (Lipinski definition) is 6. The summed E-state index contributed by atoms with van der Waals surface area (Å²) in [5, 5.41) is 15.4. The van der Waals surface area contributed by atoms with Crippen molar-refractivity contribution in [3.63, 3.8) is 0 Å². The predicted molar refractivity (Wildman–Crippen MR) is 140 cm³/mol. The fraction of sp³-hybridized carbons (Fsp3) is 0.409. The van der Waals surface area contributed by atoms with E-state index in [0.29, 0.717) is 13.1 Å². The van der Waals surface area contributed by atoms with Crippen molar-refractivity contribution in [2.75, 3.05) is 38.2 Å². The molecule has 3 heterocycles. The Morgan fingerprint density at radius 2 is 1.88 bits per heavy atom. The van der Waals surface area contributed by atoms with Crippen LogP contribution in [0.2, 0.25) is 0 Å². The summed E-state index contributed by atoms with van der Waals surface area (Å²) in [5.74, 6) is 3.56. The number of halogens is 1. The van der Waals surface area contributed by atoms with Gasteiger partial charge in [0.2, 0.25) is 0 Å². The molecule has 0 atom stereocenters. The van der Waals surface area contributed by atoms with Gasteiger partial charge in [0, 0.05) is 33.2 Å². The first-order valence-corrected chi connectivity index (χ1v) is 11.3. The van der Waals surface area contributed by atoms with Gasteiger partial charge in [-0.1, -0.05) is 12.1 Å². The third kappa shape index (κ3) is 5.91. The van der Waals surface area contributed by atoms with Crippen LogP contribution in [0.5, 0.6) is 5.75 Å². The van der Waals surface area contributed by atoms with Crippen LogP contribution in [0.4, 0.5) is 5.00 Å². The number of guanidine groups is 1. The summed E-state index contributed by atoms with van der Waals surface area (Å²) in [6.45, 7) is 6.95. The Labute approximate surface area is 210 Å². The molecule has 0 radical (unpaired) electrons. The second-order valence-electron chi connectivity index (χ2n) is 7.49. The summed E-state index contributed by atoms with van der Waals surface area (Å²) in [7, 11) is 3.67. The zero-order chi connectivity index (χ0) is 21.6. The minimum atomic E-state index is 0. The van der Waals surface area contributed by atoms with Gasteiger partial charge in [-0.3, -0.25) is 0 Å². The Balaban J connectivity index is 0.00000289. The third-order valence-corrected chi connectivity index (χ3v) is 6.48. The lowest BCUT2D eigenvalue weighted by Gasteiger charge is -2.37. The van der Waals surface area contributed by atoms with E-state index >= 15 is 0 Å². The van der Waals surface area contributed by atoms with Crippen molar-refractivity contribution < 1.29 is 4.74 Å². The average Bonchev–Trinajstić information content (AvgIpc) is 3.46. The lowest BCUT2D eigenvalue weighted by Crippen LogP contribution is -2.52. The highest BCUT2D eigenvalue weighted by Crippen LogP contribution is 2.22. The molecule has 4 rings (SSSR count). The number of methoxy groups -OCH3 is 1. The van der Waals surface area contributed by atoms with Crippen LogP contribution in [-0.2, 0) is 20.1 Å². The van der Waals surface area contributed by atoms with E-state index in [0.717, 1.165) is 55.1 Å². The normalized spacial score (nSPS) is 14.3. The molecule has 1 saturated heterocycles. The Bertz CT molecular complexity index is 996. The molecule has 0 unspecified atom stereocenters. The lowest BCUT2D eigenvalue weighted by molar-refractivity contribution is 0.371. The van der Waals surface area contributed by atoms with E-state index < -0.39 is 0 Å². The van der Waals surface area contributed by atoms with Gasteiger partial charge in [0.05, 0.1) is 25.2 Å². The molecule has 0 saturated carbocycles. The Morgan fingerprint density at radius 3 is 2.47 bits per heavy atom. The van der Waals surface area contributed by atoms with E-state index in [1.807, 2.05) is 30.7 Å². The lowest BCUT2D eigenvalue weighted by atomic mass is 10.2. The molecule has 32 heavy (non-hydrogen) atoms. The first-order chi connectivity index (χ1) is 15.1. The van der Waals surface area contributed by atoms with E-state index in [1.54, 1.807) is 18.4 Å². The molecule has 0 bridgehead atoms. The molecule has 0 amide bonds. The number of nitrogens with zero attached hydrogens (tertiary/aromatic N) is 6. The van der Waals surface area contributed by atoms with Crippen LogP contribution in [-0.4, -0.2) is 58.9 Å².